The lowest BCUT2D eigenvalue weighted by Crippen LogP contribution is -2.22. The van der Waals surface area contributed by atoms with Gasteiger partial charge in [-0.15, -0.1) is 5.10 Å². The van der Waals surface area contributed by atoms with Gasteiger partial charge in [0.1, 0.15) is 11.9 Å². The summed E-state index contributed by atoms with van der Waals surface area (Å²) in [5, 5.41) is 12.9. The van der Waals surface area contributed by atoms with Crippen molar-refractivity contribution in [2.75, 3.05) is 0 Å². The summed E-state index contributed by atoms with van der Waals surface area (Å²) in [4.78, 5) is 15.9. The molecular formula is C13H8FN5O. The topological polar surface area (TPSA) is 76.0 Å². The first-order valence-corrected chi connectivity index (χ1v) is 5.77. The van der Waals surface area contributed by atoms with E-state index in [1.165, 1.54) is 35.1 Å². The Balaban J connectivity index is 2.09. The zero-order valence-electron chi connectivity index (χ0n) is 10.2. The van der Waals surface area contributed by atoms with Crippen LogP contribution in [0, 0.1) is 17.1 Å². The third-order valence-corrected chi connectivity index (χ3v) is 2.91. The molecule has 0 unspecified atom stereocenters. The molecule has 0 aliphatic carbocycles. The van der Waals surface area contributed by atoms with Gasteiger partial charge in [-0.1, -0.05) is 12.1 Å². The summed E-state index contributed by atoms with van der Waals surface area (Å²) in [6.07, 6.45) is 4.40. The van der Waals surface area contributed by atoms with Gasteiger partial charge in [0.15, 0.2) is 5.65 Å². The third-order valence-electron chi connectivity index (χ3n) is 2.91. The van der Waals surface area contributed by atoms with Gasteiger partial charge in [-0.25, -0.2) is 18.3 Å². The van der Waals surface area contributed by atoms with Crippen LogP contribution in [0.2, 0.25) is 0 Å². The van der Waals surface area contributed by atoms with Gasteiger partial charge < -0.3 is 0 Å². The molecule has 0 aliphatic rings. The first kappa shape index (κ1) is 12.0. The Bertz CT molecular complexity index is 890. The number of nitrogens with zero attached hydrogens (tertiary/aromatic N) is 5. The first-order valence-electron chi connectivity index (χ1n) is 5.77. The summed E-state index contributed by atoms with van der Waals surface area (Å²) in [6.45, 7) is -0.0398. The molecule has 0 fully saturated rings. The minimum atomic E-state index is -0.628. The molecular weight excluding hydrogens is 261 g/mol. The molecule has 3 rings (SSSR count). The molecule has 0 bridgehead atoms. The fraction of sp³-hybridized carbons (Fsp3) is 0.0769. The highest BCUT2D eigenvalue weighted by Gasteiger charge is 2.12. The summed E-state index contributed by atoms with van der Waals surface area (Å²) in [5.41, 5.74) is 0.182. The second-order valence-corrected chi connectivity index (χ2v) is 4.14. The van der Waals surface area contributed by atoms with E-state index in [1.54, 1.807) is 12.1 Å². The average Bonchev–Trinajstić information content (AvgIpc) is 2.78. The van der Waals surface area contributed by atoms with Gasteiger partial charge in [0.25, 0.3) is 0 Å². The molecule has 7 heteroatoms. The number of rotatable bonds is 2. The van der Waals surface area contributed by atoms with Gasteiger partial charge >= 0.3 is 5.69 Å². The lowest BCUT2D eigenvalue weighted by atomic mass is 10.1. The standard InChI is InChI=1S/C13H8FN5O/c14-12-9(6-15)2-1-3-10(12)8-19-13(20)18-5-4-16-7-11(18)17-19/h1-5,7H,8H2. The van der Waals surface area contributed by atoms with E-state index in [2.05, 4.69) is 10.1 Å². The molecule has 0 atom stereocenters. The van der Waals surface area contributed by atoms with Crippen molar-refractivity contribution in [3.8, 4) is 6.07 Å². The highest BCUT2D eigenvalue weighted by atomic mass is 19.1. The molecule has 0 radical (unpaired) electrons. The summed E-state index contributed by atoms with van der Waals surface area (Å²) in [6, 6.07) is 6.24. The largest absolute Gasteiger partial charge is 0.350 e. The lowest BCUT2D eigenvalue weighted by molar-refractivity contribution is 0.575. The van der Waals surface area contributed by atoms with Crippen molar-refractivity contribution in [2.45, 2.75) is 6.54 Å². The maximum atomic E-state index is 14.0. The minimum absolute atomic E-state index is 0.0398. The first-order chi connectivity index (χ1) is 9.70. The molecule has 1 aromatic carbocycles. The number of hydrogen-bond acceptors (Lipinski definition) is 4. The van der Waals surface area contributed by atoms with E-state index in [-0.39, 0.29) is 23.4 Å². The molecule has 6 nitrogen and oxygen atoms in total. The maximum absolute atomic E-state index is 14.0. The van der Waals surface area contributed by atoms with Crippen LogP contribution in [0.15, 0.2) is 41.6 Å². The lowest BCUT2D eigenvalue weighted by Gasteiger charge is -2.03. The quantitative estimate of drug-likeness (QED) is 0.694. The van der Waals surface area contributed by atoms with E-state index >= 15 is 0 Å². The Morgan fingerprint density at radius 2 is 2.25 bits per heavy atom. The molecule has 0 saturated heterocycles. The van der Waals surface area contributed by atoms with Crippen molar-refractivity contribution in [1.82, 2.24) is 19.2 Å². The van der Waals surface area contributed by atoms with Gasteiger partial charge in [0.2, 0.25) is 0 Å². The van der Waals surface area contributed by atoms with Crippen LogP contribution in [-0.4, -0.2) is 19.2 Å². The van der Waals surface area contributed by atoms with E-state index in [1.807, 2.05) is 0 Å². The van der Waals surface area contributed by atoms with Gasteiger partial charge in [-0.3, -0.25) is 4.98 Å². The number of aromatic nitrogens is 4. The van der Waals surface area contributed by atoms with Crippen LogP contribution in [-0.2, 0) is 6.54 Å². The number of hydrogen-bond donors (Lipinski definition) is 0. The Hall–Kier alpha value is -3.01. The van der Waals surface area contributed by atoms with Crippen LogP contribution in [0.5, 0.6) is 0 Å². The maximum Gasteiger partial charge on any atom is 0.350 e. The molecule has 3 aromatic rings. The van der Waals surface area contributed by atoms with Crippen molar-refractivity contribution in [3.05, 3.63) is 64.2 Å². The monoisotopic (exact) mass is 269 g/mol. The van der Waals surface area contributed by atoms with Crippen LogP contribution in [0.1, 0.15) is 11.1 Å². The van der Waals surface area contributed by atoms with Crippen molar-refractivity contribution in [2.24, 2.45) is 0 Å². The molecule has 98 valence electrons. The van der Waals surface area contributed by atoms with Crippen LogP contribution >= 0.6 is 0 Å². The summed E-state index contributed by atoms with van der Waals surface area (Å²) in [7, 11) is 0. The number of benzene rings is 1. The molecule has 0 spiro atoms. The zero-order valence-corrected chi connectivity index (χ0v) is 10.2. The van der Waals surface area contributed by atoms with Crippen LogP contribution in [0.25, 0.3) is 5.65 Å². The number of fused-ring (bicyclic) bond motifs is 1. The van der Waals surface area contributed by atoms with E-state index in [9.17, 15) is 9.18 Å². The van der Waals surface area contributed by atoms with Crippen molar-refractivity contribution < 1.29 is 4.39 Å². The van der Waals surface area contributed by atoms with Crippen molar-refractivity contribution in [1.29, 1.82) is 5.26 Å². The molecule has 0 amide bonds. The van der Waals surface area contributed by atoms with Crippen molar-refractivity contribution in [3.63, 3.8) is 0 Å². The smallest absolute Gasteiger partial charge is 0.259 e. The Morgan fingerprint density at radius 1 is 1.40 bits per heavy atom. The van der Waals surface area contributed by atoms with Crippen LogP contribution in [0.4, 0.5) is 4.39 Å². The third kappa shape index (κ3) is 1.83. The summed E-state index contributed by atoms with van der Waals surface area (Å²) < 4.78 is 16.4. The van der Waals surface area contributed by atoms with Gasteiger partial charge in [0, 0.05) is 18.0 Å². The highest BCUT2D eigenvalue weighted by Crippen LogP contribution is 2.12. The number of halogens is 1. The summed E-state index contributed by atoms with van der Waals surface area (Å²) >= 11 is 0. The molecule has 20 heavy (non-hydrogen) atoms. The highest BCUT2D eigenvalue weighted by molar-refractivity contribution is 5.36. The molecule has 0 saturated carbocycles. The fourth-order valence-corrected chi connectivity index (χ4v) is 1.93. The average molecular weight is 269 g/mol. The van der Waals surface area contributed by atoms with Crippen LogP contribution < -0.4 is 5.69 Å². The van der Waals surface area contributed by atoms with Gasteiger partial charge in [0.05, 0.1) is 18.3 Å². The Morgan fingerprint density at radius 3 is 3.00 bits per heavy atom. The SMILES string of the molecule is N#Cc1cccc(Cn2nc3cnccn3c2=O)c1F. The predicted molar refractivity (Wildman–Crippen MR) is 67.5 cm³/mol. The Kier molecular flexibility index (Phi) is 2.76. The van der Waals surface area contributed by atoms with Gasteiger partial charge in [-0.2, -0.15) is 5.26 Å². The van der Waals surface area contributed by atoms with E-state index in [0.717, 1.165) is 4.68 Å². The second kappa shape index (κ2) is 4.59. The van der Waals surface area contributed by atoms with E-state index in [0.29, 0.717) is 5.65 Å². The zero-order chi connectivity index (χ0) is 14.1. The minimum Gasteiger partial charge on any atom is -0.259 e. The molecule has 2 aromatic heterocycles. The predicted octanol–water partition coefficient (Wildman–Crippen LogP) is 0.950. The number of nitriles is 1. The van der Waals surface area contributed by atoms with E-state index < -0.39 is 5.82 Å². The fourth-order valence-electron chi connectivity index (χ4n) is 1.93. The normalized spacial score (nSPS) is 10.6. The van der Waals surface area contributed by atoms with Crippen LogP contribution in [0.3, 0.4) is 0 Å². The van der Waals surface area contributed by atoms with Gasteiger partial charge in [-0.05, 0) is 6.07 Å². The van der Waals surface area contributed by atoms with E-state index in [4.69, 9.17) is 5.26 Å². The Labute approximate surface area is 112 Å². The second-order valence-electron chi connectivity index (χ2n) is 4.14. The summed E-state index contributed by atoms with van der Waals surface area (Å²) in [5.74, 6) is -0.628. The molecule has 0 aliphatic heterocycles. The van der Waals surface area contributed by atoms with Crippen molar-refractivity contribution >= 4 is 5.65 Å². The molecule has 2 heterocycles. The molecule has 0 N–H and O–H groups in total.